The van der Waals surface area contributed by atoms with E-state index in [0.717, 1.165) is 44.5 Å². The SMILES string of the molecule is Cl.O=C(OC1CN2CCC1CC2)N1CCc2ccccc2C1c1ccccc1. The molecule has 2 atom stereocenters. The van der Waals surface area contributed by atoms with E-state index in [1.54, 1.807) is 0 Å². The van der Waals surface area contributed by atoms with Crippen LogP contribution in [-0.4, -0.2) is 48.2 Å². The van der Waals surface area contributed by atoms with Crippen molar-refractivity contribution in [3.8, 4) is 0 Å². The molecule has 0 N–H and O–H groups in total. The average Bonchev–Trinajstić information content (AvgIpc) is 2.74. The predicted octanol–water partition coefficient (Wildman–Crippen LogP) is 4.29. The van der Waals surface area contributed by atoms with Gasteiger partial charge in [0.25, 0.3) is 0 Å². The Hall–Kier alpha value is -2.04. The van der Waals surface area contributed by atoms with Gasteiger partial charge in [-0.25, -0.2) is 4.79 Å². The molecule has 4 heterocycles. The van der Waals surface area contributed by atoms with Gasteiger partial charge in [0.05, 0.1) is 6.04 Å². The van der Waals surface area contributed by atoms with Crippen LogP contribution in [0.5, 0.6) is 0 Å². The maximum Gasteiger partial charge on any atom is 0.410 e. The number of carbonyl (C=O) groups excluding carboxylic acids is 1. The fourth-order valence-electron chi connectivity index (χ4n) is 5.00. The van der Waals surface area contributed by atoms with Crippen LogP contribution in [0.1, 0.15) is 35.6 Å². The molecule has 0 saturated carbocycles. The molecule has 148 valence electrons. The van der Waals surface area contributed by atoms with Gasteiger partial charge in [-0.3, -0.25) is 9.80 Å². The van der Waals surface area contributed by atoms with Gasteiger partial charge in [-0.1, -0.05) is 54.6 Å². The van der Waals surface area contributed by atoms with Gasteiger partial charge < -0.3 is 4.74 Å². The maximum atomic E-state index is 13.2. The van der Waals surface area contributed by atoms with E-state index in [1.165, 1.54) is 11.1 Å². The van der Waals surface area contributed by atoms with Crippen LogP contribution in [0, 0.1) is 5.92 Å². The number of hydrogen-bond acceptors (Lipinski definition) is 3. The van der Waals surface area contributed by atoms with E-state index in [2.05, 4.69) is 41.3 Å². The molecule has 1 amide bonds. The van der Waals surface area contributed by atoms with Gasteiger partial charge in [-0.15, -0.1) is 12.4 Å². The molecule has 4 aliphatic rings. The molecule has 0 spiro atoms. The number of ether oxygens (including phenoxy) is 1. The zero-order chi connectivity index (χ0) is 18.2. The molecular formula is C23H27ClN2O2. The summed E-state index contributed by atoms with van der Waals surface area (Å²) in [6, 6.07) is 18.8. The van der Waals surface area contributed by atoms with Gasteiger partial charge in [0.1, 0.15) is 6.10 Å². The minimum absolute atomic E-state index is 0. The van der Waals surface area contributed by atoms with Crippen LogP contribution in [0.4, 0.5) is 4.79 Å². The Morgan fingerprint density at radius 1 is 0.929 bits per heavy atom. The van der Waals surface area contributed by atoms with E-state index < -0.39 is 0 Å². The van der Waals surface area contributed by atoms with Crippen LogP contribution in [-0.2, 0) is 11.2 Å². The normalized spacial score (nSPS) is 28.2. The Morgan fingerprint density at radius 3 is 2.36 bits per heavy atom. The van der Waals surface area contributed by atoms with Crippen LogP contribution in [0.2, 0.25) is 0 Å². The van der Waals surface area contributed by atoms with Crippen molar-refractivity contribution in [2.75, 3.05) is 26.2 Å². The van der Waals surface area contributed by atoms with Gasteiger partial charge in [0.2, 0.25) is 0 Å². The lowest BCUT2D eigenvalue weighted by molar-refractivity contribution is -0.0462. The molecule has 3 saturated heterocycles. The molecule has 6 rings (SSSR count). The topological polar surface area (TPSA) is 32.8 Å². The molecular weight excluding hydrogens is 372 g/mol. The summed E-state index contributed by atoms with van der Waals surface area (Å²) in [4.78, 5) is 17.6. The number of benzene rings is 2. The van der Waals surface area contributed by atoms with Crippen molar-refractivity contribution in [3.63, 3.8) is 0 Å². The second-order valence-electron chi connectivity index (χ2n) is 8.02. The number of carbonyl (C=O) groups is 1. The summed E-state index contributed by atoms with van der Waals surface area (Å²) in [5, 5.41) is 0. The van der Waals surface area contributed by atoms with E-state index in [4.69, 9.17) is 4.74 Å². The Balaban J connectivity index is 0.00000192. The van der Waals surface area contributed by atoms with Gasteiger partial charge >= 0.3 is 6.09 Å². The summed E-state index contributed by atoms with van der Waals surface area (Å²) in [6.45, 7) is 3.91. The highest BCUT2D eigenvalue weighted by atomic mass is 35.5. The van der Waals surface area contributed by atoms with Crippen LogP contribution >= 0.6 is 12.4 Å². The zero-order valence-corrected chi connectivity index (χ0v) is 16.8. The van der Waals surface area contributed by atoms with Crippen LogP contribution in [0.3, 0.4) is 0 Å². The molecule has 5 heteroatoms. The molecule has 0 aliphatic carbocycles. The fraction of sp³-hybridized carbons (Fsp3) is 0.435. The predicted molar refractivity (Wildman–Crippen MR) is 112 cm³/mol. The number of rotatable bonds is 2. The number of hydrogen-bond donors (Lipinski definition) is 0. The minimum Gasteiger partial charge on any atom is -0.444 e. The summed E-state index contributed by atoms with van der Waals surface area (Å²) >= 11 is 0. The highest BCUT2D eigenvalue weighted by molar-refractivity contribution is 5.85. The number of halogens is 1. The summed E-state index contributed by atoms with van der Waals surface area (Å²) in [5.41, 5.74) is 3.70. The van der Waals surface area contributed by atoms with Gasteiger partial charge in [0.15, 0.2) is 0 Å². The minimum atomic E-state index is -0.155. The first-order valence-electron chi connectivity index (χ1n) is 10.1. The van der Waals surface area contributed by atoms with Crippen LogP contribution < -0.4 is 0 Å². The first kappa shape index (κ1) is 19.3. The smallest absolute Gasteiger partial charge is 0.410 e. The second kappa shape index (κ2) is 8.14. The molecule has 28 heavy (non-hydrogen) atoms. The van der Waals surface area contributed by atoms with E-state index in [1.807, 2.05) is 23.1 Å². The summed E-state index contributed by atoms with van der Waals surface area (Å²) in [6.07, 6.45) is 3.09. The van der Waals surface area contributed by atoms with Gasteiger partial charge in [0, 0.05) is 13.1 Å². The first-order valence-corrected chi connectivity index (χ1v) is 10.1. The lowest BCUT2D eigenvalue weighted by Gasteiger charge is -2.45. The number of amides is 1. The zero-order valence-electron chi connectivity index (χ0n) is 16.0. The fourth-order valence-corrected chi connectivity index (χ4v) is 5.00. The third kappa shape index (κ3) is 3.51. The highest BCUT2D eigenvalue weighted by Crippen LogP contribution is 2.36. The summed E-state index contributed by atoms with van der Waals surface area (Å²) in [7, 11) is 0. The first-order chi connectivity index (χ1) is 13.3. The molecule has 4 nitrogen and oxygen atoms in total. The third-order valence-corrected chi connectivity index (χ3v) is 6.48. The molecule has 2 aromatic rings. The monoisotopic (exact) mass is 398 g/mol. The molecule has 2 aromatic carbocycles. The van der Waals surface area contributed by atoms with Crippen molar-refractivity contribution in [1.29, 1.82) is 0 Å². The van der Waals surface area contributed by atoms with Crippen molar-refractivity contribution < 1.29 is 9.53 Å². The molecule has 4 aliphatic heterocycles. The van der Waals surface area contributed by atoms with Crippen molar-refractivity contribution in [3.05, 3.63) is 71.3 Å². The largest absolute Gasteiger partial charge is 0.444 e. The Bertz CT molecular complexity index is 820. The van der Waals surface area contributed by atoms with E-state index in [9.17, 15) is 4.79 Å². The Kier molecular flexibility index (Phi) is 5.61. The van der Waals surface area contributed by atoms with Crippen molar-refractivity contribution >= 4 is 18.5 Å². The maximum absolute atomic E-state index is 13.2. The molecule has 2 unspecified atom stereocenters. The van der Waals surface area contributed by atoms with Crippen molar-refractivity contribution in [2.24, 2.45) is 5.92 Å². The lowest BCUT2D eigenvalue weighted by Crippen LogP contribution is -2.53. The Labute approximate surface area is 172 Å². The Morgan fingerprint density at radius 2 is 1.64 bits per heavy atom. The van der Waals surface area contributed by atoms with Crippen LogP contribution in [0.15, 0.2) is 54.6 Å². The number of piperidine rings is 3. The van der Waals surface area contributed by atoms with Crippen LogP contribution in [0.25, 0.3) is 0 Å². The second-order valence-corrected chi connectivity index (χ2v) is 8.02. The molecule has 2 bridgehead atoms. The average molecular weight is 399 g/mol. The summed E-state index contributed by atoms with van der Waals surface area (Å²) < 4.78 is 6.08. The molecule has 0 aromatic heterocycles. The molecule has 0 radical (unpaired) electrons. The van der Waals surface area contributed by atoms with Crippen molar-refractivity contribution in [1.82, 2.24) is 9.80 Å². The lowest BCUT2D eigenvalue weighted by atomic mass is 9.86. The highest BCUT2D eigenvalue weighted by Gasteiger charge is 2.39. The third-order valence-electron chi connectivity index (χ3n) is 6.48. The quantitative estimate of drug-likeness (QED) is 0.756. The number of fused-ring (bicyclic) bond motifs is 4. The molecule has 3 fully saturated rings. The van der Waals surface area contributed by atoms with Crippen molar-refractivity contribution in [2.45, 2.75) is 31.4 Å². The van der Waals surface area contributed by atoms with E-state index in [0.29, 0.717) is 12.5 Å². The standard InChI is InChI=1S/C23H26N2O2.ClH/c26-23(27-21-16-24-13-10-18(21)11-14-24)25-15-12-17-6-4-5-9-20(17)22(25)19-7-2-1-3-8-19;/h1-9,18,21-22H,10-16H2;1H. The van der Waals surface area contributed by atoms with Gasteiger partial charge in [-0.2, -0.15) is 0 Å². The van der Waals surface area contributed by atoms with E-state index >= 15 is 0 Å². The number of nitrogens with zero attached hydrogens (tertiary/aromatic N) is 2. The van der Waals surface area contributed by atoms with Gasteiger partial charge in [-0.05, 0) is 55.0 Å². The summed E-state index contributed by atoms with van der Waals surface area (Å²) in [5.74, 6) is 0.534. The van der Waals surface area contributed by atoms with E-state index in [-0.39, 0.29) is 30.6 Å².